The predicted octanol–water partition coefficient (Wildman–Crippen LogP) is 2.26. The summed E-state index contributed by atoms with van der Waals surface area (Å²) in [5, 5.41) is 3.18. The molecule has 5 heteroatoms. The van der Waals surface area contributed by atoms with E-state index in [1.807, 2.05) is 49.3 Å². The fourth-order valence-corrected chi connectivity index (χ4v) is 2.80. The quantitative estimate of drug-likeness (QED) is 0.937. The van der Waals surface area contributed by atoms with E-state index in [9.17, 15) is 4.79 Å². The van der Waals surface area contributed by atoms with Crippen LogP contribution in [-0.2, 0) is 14.1 Å². The van der Waals surface area contributed by atoms with E-state index in [0.29, 0.717) is 5.92 Å². The second-order valence-corrected chi connectivity index (χ2v) is 6.03. The van der Waals surface area contributed by atoms with Crippen molar-refractivity contribution in [2.45, 2.75) is 32.7 Å². The first kappa shape index (κ1) is 13.9. The number of imidazole rings is 1. The number of hydrogen-bond donors (Lipinski definition) is 1. The third-order valence-corrected chi connectivity index (χ3v) is 4.54. The van der Waals surface area contributed by atoms with E-state index in [0.717, 1.165) is 35.6 Å². The monoisotopic (exact) mass is 286 g/mol. The summed E-state index contributed by atoms with van der Waals surface area (Å²) in [6, 6.07) is 1.96. The molecule has 0 saturated heterocycles. The number of carbonyl (C=O) groups excluding carboxylic acids is 1. The molecule has 0 radical (unpaired) electrons. The first-order valence-corrected chi connectivity index (χ1v) is 7.40. The minimum atomic E-state index is -0.00361. The largest absolute Gasteiger partial charge is 0.351 e. The Hall–Kier alpha value is -2.04. The van der Waals surface area contributed by atoms with E-state index < -0.39 is 0 Å². The highest BCUT2D eigenvalue weighted by Gasteiger charge is 2.36. The molecule has 1 unspecified atom stereocenters. The molecular formula is C16H22N4O. The summed E-state index contributed by atoms with van der Waals surface area (Å²) in [4.78, 5) is 17.0. The lowest BCUT2D eigenvalue weighted by Gasteiger charge is -2.18. The smallest absolute Gasteiger partial charge is 0.253 e. The van der Waals surface area contributed by atoms with Crippen molar-refractivity contribution in [3.8, 4) is 0 Å². The number of nitrogens with one attached hydrogen (secondary N) is 1. The van der Waals surface area contributed by atoms with Crippen molar-refractivity contribution >= 4 is 5.91 Å². The van der Waals surface area contributed by atoms with Crippen LogP contribution in [0, 0.1) is 19.8 Å². The highest BCUT2D eigenvalue weighted by Crippen LogP contribution is 2.40. The molecule has 112 valence electrons. The van der Waals surface area contributed by atoms with Crippen molar-refractivity contribution in [3.05, 3.63) is 41.2 Å². The Labute approximate surface area is 125 Å². The summed E-state index contributed by atoms with van der Waals surface area (Å²) in [6.07, 6.45) is 6.03. The van der Waals surface area contributed by atoms with Gasteiger partial charge in [-0.1, -0.05) is 0 Å². The van der Waals surface area contributed by atoms with Crippen LogP contribution < -0.4 is 5.32 Å². The Kier molecular flexibility index (Phi) is 3.35. The van der Waals surface area contributed by atoms with Crippen LogP contribution in [0.3, 0.4) is 0 Å². The van der Waals surface area contributed by atoms with Gasteiger partial charge in [0.05, 0.1) is 11.6 Å². The van der Waals surface area contributed by atoms with E-state index in [2.05, 4.69) is 10.3 Å². The van der Waals surface area contributed by atoms with Crippen molar-refractivity contribution in [3.63, 3.8) is 0 Å². The molecule has 0 aliphatic heterocycles. The van der Waals surface area contributed by atoms with E-state index in [1.54, 1.807) is 6.20 Å². The van der Waals surface area contributed by atoms with Gasteiger partial charge in [-0.25, -0.2) is 4.98 Å². The molecule has 0 spiro atoms. The molecule has 1 aliphatic carbocycles. The zero-order chi connectivity index (χ0) is 15.1. The minimum absolute atomic E-state index is 0.00361. The van der Waals surface area contributed by atoms with Crippen LogP contribution in [0.1, 0.15) is 46.5 Å². The number of rotatable bonds is 4. The molecule has 1 saturated carbocycles. The third-order valence-electron chi connectivity index (χ3n) is 4.54. The maximum Gasteiger partial charge on any atom is 0.253 e. The van der Waals surface area contributed by atoms with Crippen LogP contribution in [0.25, 0.3) is 0 Å². The fraction of sp³-hybridized carbons (Fsp3) is 0.500. The van der Waals surface area contributed by atoms with Crippen molar-refractivity contribution in [1.82, 2.24) is 19.4 Å². The van der Waals surface area contributed by atoms with Crippen LogP contribution in [0.2, 0.25) is 0 Å². The molecule has 1 N–H and O–H groups in total. The molecule has 2 aromatic heterocycles. The van der Waals surface area contributed by atoms with Gasteiger partial charge in [-0.05, 0) is 38.7 Å². The molecule has 1 atom stereocenters. The van der Waals surface area contributed by atoms with Gasteiger partial charge in [0.2, 0.25) is 0 Å². The van der Waals surface area contributed by atoms with Crippen LogP contribution in [0.5, 0.6) is 0 Å². The molecule has 21 heavy (non-hydrogen) atoms. The second kappa shape index (κ2) is 5.06. The van der Waals surface area contributed by atoms with Crippen molar-refractivity contribution in [1.29, 1.82) is 0 Å². The van der Waals surface area contributed by atoms with Gasteiger partial charge >= 0.3 is 0 Å². The summed E-state index contributed by atoms with van der Waals surface area (Å²) in [5.74, 6) is 1.45. The van der Waals surface area contributed by atoms with Gasteiger partial charge in [-0.15, -0.1) is 0 Å². The zero-order valence-corrected chi connectivity index (χ0v) is 13.1. The minimum Gasteiger partial charge on any atom is -0.351 e. The van der Waals surface area contributed by atoms with Gasteiger partial charge in [0.15, 0.2) is 0 Å². The van der Waals surface area contributed by atoms with Crippen molar-refractivity contribution < 1.29 is 4.79 Å². The Morgan fingerprint density at radius 3 is 2.57 bits per heavy atom. The molecule has 2 heterocycles. The van der Waals surface area contributed by atoms with E-state index >= 15 is 0 Å². The van der Waals surface area contributed by atoms with Crippen LogP contribution in [-0.4, -0.2) is 20.0 Å². The Bertz CT molecular complexity index is 679. The molecule has 1 fully saturated rings. The van der Waals surface area contributed by atoms with Crippen molar-refractivity contribution in [2.75, 3.05) is 0 Å². The van der Waals surface area contributed by atoms with E-state index in [1.165, 1.54) is 0 Å². The molecule has 5 nitrogen and oxygen atoms in total. The van der Waals surface area contributed by atoms with Gasteiger partial charge in [0.1, 0.15) is 5.82 Å². The molecule has 3 rings (SSSR count). The van der Waals surface area contributed by atoms with Gasteiger partial charge in [0, 0.05) is 37.9 Å². The van der Waals surface area contributed by atoms with Crippen LogP contribution >= 0.6 is 0 Å². The summed E-state index contributed by atoms with van der Waals surface area (Å²) < 4.78 is 4.04. The van der Waals surface area contributed by atoms with Gasteiger partial charge in [-0.2, -0.15) is 0 Å². The summed E-state index contributed by atoms with van der Waals surface area (Å²) in [7, 11) is 3.96. The lowest BCUT2D eigenvalue weighted by Crippen LogP contribution is -2.31. The number of hydrogen-bond acceptors (Lipinski definition) is 2. The van der Waals surface area contributed by atoms with Crippen molar-refractivity contribution in [2.24, 2.45) is 20.0 Å². The average Bonchev–Trinajstić information content (AvgIpc) is 3.16. The summed E-state index contributed by atoms with van der Waals surface area (Å²) in [6.45, 7) is 4.00. The highest BCUT2D eigenvalue weighted by atomic mass is 16.1. The van der Waals surface area contributed by atoms with Gasteiger partial charge < -0.3 is 14.5 Å². The second-order valence-electron chi connectivity index (χ2n) is 6.03. The Morgan fingerprint density at radius 1 is 1.38 bits per heavy atom. The van der Waals surface area contributed by atoms with Crippen LogP contribution in [0.15, 0.2) is 18.5 Å². The van der Waals surface area contributed by atoms with E-state index in [-0.39, 0.29) is 11.9 Å². The first-order valence-electron chi connectivity index (χ1n) is 7.40. The number of aromatic nitrogens is 3. The van der Waals surface area contributed by atoms with Gasteiger partial charge in [-0.3, -0.25) is 4.79 Å². The maximum absolute atomic E-state index is 12.6. The number of nitrogens with zero attached hydrogens (tertiary/aromatic N) is 3. The highest BCUT2D eigenvalue weighted by molar-refractivity contribution is 5.96. The molecule has 2 aromatic rings. The molecule has 1 amide bonds. The zero-order valence-electron chi connectivity index (χ0n) is 13.1. The summed E-state index contributed by atoms with van der Waals surface area (Å²) in [5.41, 5.74) is 2.85. The SMILES string of the molecule is Cc1cc(C(=O)NC(c2nccn2C)C2CC2)c(C)n1C. The van der Waals surface area contributed by atoms with E-state index in [4.69, 9.17) is 0 Å². The first-order chi connectivity index (χ1) is 9.99. The average molecular weight is 286 g/mol. The standard InChI is InChI=1S/C16H22N4O/c1-10-9-13(11(2)20(10)4)16(21)18-14(12-5-6-12)15-17-7-8-19(15)3/h7-9,12,14H,5-6H2,1-4H3,(H,18,21). The topological polar surface area (TPSA) is 51.9 Å². The lowest BCUT2D eigenvalue weighted by molar-refractivity contribution is 0.0928. The number of carbonyl (C=O) groups is 1. The van der Waals surface area contributed by atoms with Crippen LogP contribution in [0.4, 0.5) is 0 Å². The Balaban J connectivity index is 1.85. The third kappa shape index (κ3) is 2.48. The fourth-order valence-electron chi connectivity index (χ4n) is 2.80. The maximum atomic E-state index is 12.6. The molecular weight excluding hydrogens is 264 g/mol. The molecule has 1 aliphatic rings. The molecule has 0 aromatic carbocycles. The normalized spacial score (nSPS) is 16.0. The number of amides is 1. The lowest BCUT2D eigenvalue weighted by atomic mass is 10.1. The molecule has 0 bridgehead atoms. The predicted molar refractivity (Wildman–Crippen MR) is 81.0 cm³/mol. The Morgan fingerprint density at radius 2 is 2.10 bits per heavy atom. The number of aryl methyl sites for hydroxylation is 2. The van der Waals surface area contributed by atoms with Gasteiger partial charge in [0.25, 0.3) is 5.91 Å². The summed E-state index contributed by atoms with van der Waals surface area (Å²) >= 11 is 0.